The van der Waals surface area contributed by atoms with E-state index in [2.05, 4.69) is 11.8 Å². The fourth-order valence-electron chi connectivity index (χ4n) is 4.51. The van der Waals surface area contributed by atoms with E-state index in [-0.39, 0.29) is 36.2 Å². The minimum absolute atomic E-state index is 0.0184. The van der Waals surface area contributed by atoms with Crippen molar-refractivity contribution in [2.24, 2.45) is 0 Å². The molecule has 0 aliphatic carbocycles. The monoisotopic (exact) mass is 508 g/mol. The van der Waals surface area contributed by atoms with Gasteiger partial charge in [0.05, 0.1) is 5.56 Å². The maximum absolute atomic E-state index is 13.2. The van der Waals surface area contributed by atoms with Crippen LogP contribution in [0, 0.1) is 12.7 Å². The molecule has 1 aliphatic heterocycles. The molecule has 2 atom stereocenters. The van der Waals surface area contributed by atoms with Gasteiger partial charge in [-0.15, -0.1) is 0 Å². The van der Waals surface area contributed by atoms with Crippen LogP contribution in [0.2, 0.25) is 5.02 Å². The molecule has 1 aliphatic rings. The molecule has 1 amide bonds. The molecular weight excluding hydrogens is 479 g/mol. The molecule has 5 nitrogen and oxygen atoms in total. The number of hydrogen-bond donors (Lipinski definition) is 0. The standard InChI is InChI=1S/C29H30ClFN2O3/c1-19-13-27(25(14-26(19)30)29(35)23-7-5-4-6-8-23)36-18-28(34)33-16-20(2)32(15-21(33)3)17-22-9-11-24(31)12-10-22/h4-14,20-21H,15-18H2,1-3H3. The van der Waals surface area contributed by atoms with E-state index in [1.807, 2.05) is 24.8 Å². The lowest BCUT2D eigenvalue weighted by atomic mass is 10.0. The maximum atomic E-state index is 13.2. The predicted molar refractivity (Wildman–Crippen MR) is 139 cm³/mol. The van der Waals surface area contributed by atoms with Gasteiger partial charge in [-0.2, -0.15) is 0 Å². The first kappa shape index (κ1) is 25.9. The van der Waals surface area contributed by atoms with Gasteiger partial charge in [0.2, 0.25) is 0 Å². The zero-order chi connectivity index (χ0) is 25.8. The average Bonchev–Trinajstić information content (AvgIpc) is 2.87. The van der Waals surface area contributed by atoms with Crippen LogP contribution in [-0.2, 0) is 11.3 Å². The highest BCUT2D eigenvalue weighted by atomic mass is 35.5. The molecule has 0 bridgehead atoms. The lowest BCUT2D eigenvalue weighted by Crippen LogP contribution is -2.58. The van der Waals surface area contributed by atoms with E-state index in [1.165, 1.54) is 12.1 Å². The minimum Gasteiger partial charge on any atom is -0.483 e. The van der Waals surface area contributed by atoms with Gasteiger partial charge in [0, 0.05) is 42.3 Å². The third-order valence-corrected chi connectivity index (χ3v) is 7.03. The average molecular weight is 509 g/mol. The molecule has 7 heteroatoms. The first-order chi connectivity index (χ1) is 17.2. The molecule has 0 spiro atoms. The Labute approximate surface area is 216 Å². The zero-order valence-corrected chi connectivity index (χ0v) is 21.5. The van der Waals surface area contributed by atoms with Gasteiger partial charge in [-0.25, -0.2) is 4.39 Å². The minimum atomic E-state index is -0.250. The molecule has 2 unspecified atom stereocenters. The van der Waals surface area contributed by atoms with Crippen LogP contribution in [0.25, 0.3) is 0 Å². The molecule has 0 aromatic heterocycles. The van der Waals surface area contributed by atoms with Crippen molar-refractivity contribution in [3.8, 4) is 5.75 Å². The van der Waals surface area contributed by atoms with Gasteiger partial charge in [-0.1, -0.05) is 54.1 Å². The van der Waals surface area contributed by atoms with Crippen molar-refractivity contribution in [2.75, 3.05) is 19.7 Å². The van der Waals surface area contributed by atoms with E-state index >= 15 is 0 Å². The van der Waals surface area contributed by atoms with E-state index < -0.39 is 0 Å². The highest BCUT2D eigenvalue weighted by Gasteiger charge is 2.32. The molecule has 3 aromatic carbocycles. The number of halogens is 2. The predicted octanol–water partition coefficient (Wildman–Crippen LogP) is 5.52. The van der Waals surface area contributed by atoms with Crippen LogP contribution in [0.15, 0.2) is 66.7 Å². The summed E-state index contributed by atoms with van der Waals surface area (Å²) in [6.45, 7) is 7.69. The molecule has 188 valence electrons. The number of rotatable bonds is 7. The van der Waals surface area contributed by atoms with Crippen LogP contribution in [0.3, 0.4) is 0 Å². The number of piperazine rings is 1. The Kier molecular flexibility index (Phi) is 8.07. The van der Waals surface area contributed by atoms with Crippen molar-refractivity contribution in [1.29, 1.82) is 0 Å². The number of ketones is 1. The topological polar surface area (TPSA) is 49.9 Å². The molecular formula is C29H30ClFN2O3. The summed E-state index contributed by atoms with van der Waals surface area (Å²) in [6.07, 6.45) is 0. The second-order valence-corrected chi connectivity index (χ2v) is 9.79. The molecule has 3 aromatic rings. The molecule has 4 rings (SSSR count). The molecule has 0 N–H and O–H groups in total. The van der Waals surface area contributed by atoms with Gasteiger partial charge in [0.15, 0.2) is 12.4 Å². The Morgan fingerprint density at radius 2 is 1.69 bits per heavy atom. The number of hydrogen-bond acceptors (Lipinski definition) is 4. The Bertz CT molecular complexity index is 1230. The van der Waals surface area contributed by atoms with Crippen molar-refractivity contribution in [2.45, 2.75) is 39.4 Å². The van der Waals surface area contributed by atoms with Gasteiger partial charge in [-0.05, 0) is 56.2 Å². The van der Waals surface area contributed by atoms with Crippen molar-refractivity contribution >= 4 is 23.3 Å². The van der Waals surface area contributed by atoms with Crippen molar-refractivity contribution in [1.82, 2.24) is 9.80 Å². The maximum Gasteiger partial charge on any atom is 0.260 e. The quantitative estimate of drug-likeness (QED) is 0.394. The number of nitrogens with zero attached hydrogens (tertiary/aromatic N) is 2. The Morgan fingerprint density at radius 1 is 1.00 bits per heavy atom. The number of ether oxygens (including phenoxy) is 1. The molecule has 1 saturated heterocycles. The first-order valence-electron chi connectivity index (χ1n) is 12.0. The van der Waals surface area contributed by atoms with Crippen molar-refractivity contribution in [3.05, 3.63) is 99.8 Å². The van der Waals surface area contributed by atoms with Gasteiger partial charge in [-0.3, -0.25) is 14.5 Å². The largest absolute Gasteiger partial charge is 0.483 e. The van der Waals surface area contributed by atoms with E-state index in [0.717, 1.165) is 11.1 Å². The van der Waals surface area contributed by atoms with Crippen LogP contribution >= 0.6 is 11.6 Å². The van der Waals surface area contributed by atoms with Crippen molar-refractivity contribution < 1.29 is 18.7 Å². The fraction of sp³-hybridized carbons (Fsp3) is 0.310. The Hall–Kier alpha value is -3.22. The third-order valence-electron chi connectivity index (χ3n) is 6.63. The fourth-order valence-corrected chi connectivity index (χ4v) is 4.67. The molecule has 1 heterocycles. The van der Waals surface area contributed by atoms with Gasteiger partial charge < -0.3 is 9.64 Å². The highest BCUT2D eigenvalue weighted by Crippen LogP contribution is 2.29. The third kappa shape index (κ3) is 5.94. The summed E-state index contributed by atoms with van der Waals surface area (Å²) >= 11 is 6.31. The zero-order valence-electron chi connectivity index (χ0n) is 20.7. The Balaban J connectivity index is 1.43. The highest BCUT2D eigenvalue weighted by molar-refractivity contribution is 6.32. The summed E-state index contributed by atoms with van der Waals surface area (Å²) in [4.78, 5) is 30.4. The van der Waals surface area contributed by atoms with Gasteiger partial charge in [0.1, 0.15) is 11.6 Å². The lowest BCUT2D eigenvalue weighted by molar-refractivity contribution is -0.139. The summed E-state index contributed by atoms with van der Waals surface area (Å²) in [5.74, 6) is -0.257. The van der Waals surface area contributed by atoms with Crippen LogP contribution < -0.4 is 4.74 Å². The first-order valence-corrected chi connectivity index (χ1v) is 12.4. The number of aryl methyl sites for hydroxylation is 1. The normalized spacial score (nSPS) is 18.2. The number of amides is 1. The summed E-state index contributed by atoms with van der Waals surface area (Å²) in [6, 6.07) is 18.8. The number of carbonyl (C=O) groups excluding carboxylic acids is 2. The summed E-state index contributed by atoms with van der Waals surface area (Å²) < 4.78 is 19.2. The molecule has 0 saturated carbocycles. The number of benzene rings is 3. The smallest absolute Gasteiger partial charge is 0.260 e. The summed E-state index contributed by atoms with van der Waals surface area (Å²) in [5, 5.41) is 0.465. The van der Waals surface area contributed by atoms with E-state index in [4.69, 9.17) is 16.3 Å². The van der Waals surface area contributed by atoms with E-state index in [9.17, 15) is 14.0 Å². The van der Waals surface area contributed by atoms with Gasteiger partial charge >= 0.3 is 0 Å². The second kappa shape index (κ2) is 11.2. The van der Waals surface area contributed by atoms with Crippen LogP contribution in [0.5, 0.6) is 5.75 Å². The Morgan fingerprint density at radius 3 is 2.39 bits per heavy atom. The SMILES string of the molecule is Cc1cc(OCC(=O)N2CC(C)N(Cc3ccc(F)cc3)CC2C)c(C(=O)c2ccccc2)cc1Cl. The van der Waals surface area contributed by atoms with Crippen LogP contribution in [0.4, 0.5) is 4.39 Å². The molecule has 36 heavy (non-hydrogen) atoms. The van der Waals surface area contributed by atoms with Crippen molar-refractivity contribution in [3.63, 3.8) is 0 Å². The lowest BCUT2D eigenvalue weighted by Gasteiger charge is -2.44. The molecule has 0 radical (unpaired) electrons. The summed E-state index contributed by atoms with van der Waals surface area (Å²) in [7, 11) is 0. The van der Waals surface area contributed by atoms with Crippen LogP contribution in [-0.4, -0.2) is 53.3 Å². The van der Waals surface area contributed by atoms with Gasteiger partial charge in [0.25, 0.3) is 5.91 Å². The van der Waals surface area contributed by atoms with E-state index in [0.29, 0.717) is 41.5 Å². The van der Waals surface area contributed by atoms with Crippen LogP contribution in [0.1, 0.15) is 40.9 Å². The second-order valence-electron chi connectivity index (χ2n) is 9.38. The summed E-state index contributed by atoms with van der Waals surface area (Å²) in [5.41, 5.74) is 2.65. The molecule has 1 fully saturated rings. The number of carbonyl (C=O) groups is 2. The van der Waals surface area contributed by atoms with E-state index in [1.54, 1.807) is 48.5 Å².